The van der Waals surface area contributed by atoms with E-state index < -0.39 is 48.6 Å². The molecule has 1 N–H and O–H groups in total. The third-order valence-electron chi connectivity index (χ3n) is 12.5. The first-order chi connectivity index (χ1) is 33.6. The van der Waals surface area contributed by atoms with Gasteiger partial charge in [-0.25, -0.2) is 4.79 Å². The van der Waals surface area contributed by atoms with Crippen molar-refractivity contribution >= 4 is 68.3 Å². The second-order valence-corrected chi connectivity index (χ2v) is 22.5. The van der Waals surface area contributed by atoms with E-state index in [4.69, 9.17) is 4.42 Å². The van der Waals surface area contributed by atoms with Crippen molar-refractivity contribution in [1.82, 2.24) is 0 Å². The van der Waals surface area contributed by atoms with Gasteiger partial charge in [0.15, 0.2) is 19.8 Å². The van der Waals surface area contributed by atoms with Crippen molar-refractivity contribution in [3.05, 3.63) is 251 Å². The van der Waals surface area contributed by atoms with Crippen LogP contribution in [0.5, 0.6) is 5.75 Å². The zero-order valence-corrected chi connectivity index (χ0v) is 43.0. The van der Waals surface area contributed by atoms with Crippen LogP contribution >= 0.6 is 14.3 Å². The molecular weight excluding hydrogens is 1080 g/mol. The molecule has 1 heterocycles. The Morgan fingerprint density at radius 2 is 1.06 bits per heavy atom. The molecule has 1 radical (unpaired) electrons. The number of ketones is 1. The van der Waals surface area contributed by atoms with Gasteiger partial charge < -0.3 is 18.7 Å². The van der Waals surface area contributed by atoms with Crippen LogP contribution in [0.1, 0.15) is 42.3 Å². The number of allylic oxidation sites excluding steroid dienone is 3. The normalized spacial score (nSPS) is 12.8. The molecule has 357 valence electrons. The average molecular weight is 1120 g/mol. The number of fused-ring (bicyclic) bond motifs is 6. The predicted molar refractivity (Wildman–Crippen MR) is 279 cm³/mol. The molecule has 1 aromatic heterocycles. The molecule has 0 spiro atoms. The largest absolute Gasteiger partial charge is 0.506 e. The van der Waals surface area contributed by atoms with Gasteiger partial charge in [-0.1, -0.05) is 221 Å². The Morgan fingerprint density at radius 1 is 0.620 bits per heavy atom. The van der Waals surface area contributed by atoms with E-state index in [1.807, 2.05) is 215 Å². The summed E-state index contributed by atoms with van der Waals surface area (Å²) in [5.74, 6) is -3.46. The number of carbonyl (C=O) groups excluding carboxylic acids is 1. The fraction of sp³-hybridized carbons (Fsp3) is 0.0847. The Morgan fingerprint density at radius 3 is 1.49 bits per heavy atom. The van der Waals surface area contributed by atoms with Gasteiger partial charge >= 0.3 is 11.8 Å². The summed E-state index contributed by atoms with van der Waals surface area (Å²) < 4.78 is 71.4. The number of carbonyl (C=O) groups is 1. The molecule has 6 nitrogen and oxygen atoms in total. The summed E-state index contributed by atoms with van der Waals surface area (Å²) in [6.07, 6.45) is -1.74. The molecule has 0 atom stereocenters. The summed E-state index contributed by atoms with van der Waals surface area (Å²) in [5, 5.41) is 17.4. The van der Waals surface area contributed by atoms with Crippen LogP contribution in [-0.4, -0.2) is 17.1 Å². The van der Waals surface area contributed by atoms with Gasteiger partial charge in [0.05, 0.1) is 5.39 Å². The van der Waals surface area contributed by atoms with Crippen LogP contribution in [0, 0.1) is 49.4 Å². The van der Waals surface area contributed by atoms with Crippen LogP contribution in [0.4, 0.5) is 13.2 Å². The van der Waals surface area contributed by atoms with E-state index in [2.05, 4.69) is 6.58 Å². The first kappa shape index (κ1) is 52.8. The average Bonchev–Trinajstić information content (AvgIpc) is 3.62. The molecule has 0 bridgehead atoms. The zero-order chi connectivity index (χ0) is 49.8. The van der Waals surface area contributed by atoms with Crippen LogP contribution < -0.4 is 32.1 Å². The zero-order valence-electron chi connectivity index (χ0n) is 38.8. The fourth-order valence-electron chi connectivity index (χ4n) is 9.04. The molecule has 8 aromatic carbocycles. The minimum Gasteiger partial charge on any atom is -0.506 e. The Bertz CT molecular complexity index is 3430. The maximum absolute atomic E-state index is 13.8. The number of hydrogen-bond donors (Lipinski definition) is 1. The van der Waals surface area contributed by atoms with Gasteiger partial charge in [0, 0.05) is 86.6 Å². The van der Waals surface area contributed by atoms with Gasteiger partial charge in [-0.15, -0.1) is 0 Å². The number of Topliss-reactive ketones (excluding diaryl/α,β-unsaturated/α-hetero) is 1. The van der Waals surface area contributed by atoms with E-state index in [1.54, 1.807) is 12.1 Å². The Hall–Kier alpha value is -5.99. The van der Waals surface area contributed by atoms with Crippen LogP contribution in [0.2, 0.25) is 0 Å². The third-order valence-corrected chi connectivity index (χ3v) is 18.8. The van der Waals surface area contributed by atoms with Crippen molar-refractivity contribution < 1.29 is 86.0 Å². The van der Waals surface area contributed by atoms with E-state index in [-0.39, 0.29) is 60.3 Å². The topological polar surface area (TPSA) is 102 Å². The van der Waals surface area contributed by atoms with Crippen molar-refractivity contribution in [2.75, 3.05) is 0 Å². The van der Waals surface area contributed by atoms with Crippen LogP contribution in [0.15, 0.2) is 233 Å². The standard InChI is InChI=1S/C24H15F3O4.C18H15OP.C17H17OP.Eu/c1-23(2)15-8-7-11-5-3-4-6-12(11)18(15)13-9-14-17(10-16(13)23)31-22(30)19(20(14)28)21(29)24(25,26)27;19-20(16-10-4-1-5-11-16,17-12-6-2-7-13-17)18-14-8-3-9-15-18;1-3-15(4-2)19(18,16-11-7-5-8-12-16)17-13-9-6-10-14-17;/h3-10,28H,1-2H3;1-15H;3-14H,1H2,2H3;/b;;15-4+;. The Kier molecular flexibility index (Phi) is 16.2. The van der Waals surface area contributed by atoms with Gasteiger partial charge in [-0.05, 0) is 52.1 Å². The first-order valence-corrected chi connectivity index (χ1v) is 25.7. The fourth-order valence-corrected chi connectivity index (χ4v) is 14.4. The second kappa shape index (κ2) is 21.8. The molecule has 0 fully saturated rings. The molecule has 1 aliphatic carbocycles. The minimum absolute atomic E-state index is 0. The van der Waals surface area contributed by atoms with Crippen LogP contribution in [-0.2, 0) is 14.5 Å². The van der Waals surface area contributed by atoms with Gasteiger partial charge in [0.1, 0.15) is 11.3 Å². The summed E-state index contributed by atoms with van der Waals surface area (Å²) in [6, 6.07) is 63.1. The van der Waals surface area contributed by atoms with Gasteiger partial charge in [-0.2, -0.15) is 13.2 Å². The molecular formula is C59H47EuF3O6P2. The predicted octanol–water partition coefficient (Wildman–Crippen LogP) is 13.1. The Labute approximate surface area is 450 Å². The van der Waals surface area contributed by atoms with E-state index in [1.165, 1.54) is 6.07 Å². The number of aromatic hydroxyl groups is 1. The minimum atomic E-state index is -5.32. The molecule has 0 saturated carbocycles. The van der Waals surface area contributed by atoms with E-state index in [9.17, 15) is 37.0 Å². The molecule has 1 aliphatic rings. The van der Waals surface area contributed by atoms with E-state index in [0.29, 0.717) is 5.56 Å². The number of rotatable bonds is 8. The molecule has 0 amide bonds. The summed E-state index contributed by atoms with van der Waals surface area (Å²) in [4.78, 5) is 23.9. The van der Waals surface area contributed by atoms with Crippen molar-refractivity contribution in [1.29, 1.82) is 0 Å². The van der Waals surface area contributed by atoms with Crippen molar-refractivity contribution in [2.45, 2.75) is 32.4 Å². The second-order valence-electron chi connectivity index (χ2n) is 17.0. The molecule has 12 heteroatoms. The van der Waals surface area contributed by atoms with Crippen LogP contribution in [0.25, 0.3) is 32.9 Å². The molecule has 0 aliphatic heterocycles. The summed E-state index contributed by atoms with van der Waals surface area (Å²) in [6.45, 7) is 9.70. The Balaban J connectivity index is 0.000000163. The first-order valence-electron chi connectivity index (χ1n) is 22.3. The molecule has 0 saturated heterocycles. The summed E-state index contributed by atoms with van der Waals surface area (Å²) in [5.41, 5.74) is -0.0641. The smallest absolute Gasteiger partial charge is 0.455 e. The third kappa shape index (κ3) is 10.1. The molecule has 9 aromatic rings. The summed E-state index contributed by atoms with van der Waals surface area (Å²) >= 11 is 0. The van der Waals surface area contributed by atoms with Crippen molar-refractivity contribution in [3.8, 4) is 16.9 Å². The monoisotopic (exact) mass is 1120 g/mol. The van der Waals surface area contributed by atoms with Gasteiger partial charge in [-0.3, -0.25) is 4.79 Å². The van der Waals surface area contributed by atoms with E-state index in [0.717, 1.165) is 59.3 Å². The van der Waals surface area contributed by atoms with Crippen molar-refractivity contribution in [3.63, 3.8) is 0 Å². The SMILES string of the molecule is C=C/C(=C\C)P(=O)(c1ccccc1)c1ccccc1.CC1(C)c2cc3oc(=O)c(C(=O)C(F)(F)F)c(O)c3cc2-c2c1ccc1ccccc21.O=P(c1ccccc1)(c1ccccc1)c1ccccc1.[Eu]. The van der Waals surface area contributed by atoms with Gasteiger partial charge in [0.2, 0.25) is 0 Å². The molecule has 0 unspecified atom stereocenters. The summed E-state index contributed by atoms with van der Waals surface area (Å²) in [7, 11) is -5.57. The van der Waals surface area contributed by atoms with Crippen LogP contribution in [0.3, 0.4) is 0 Å². The van der Waals surface area contributed by atoms with E-state index >= 15 is 0 Å². The number of hydrogen-bond acceptors (Lipinski definition) is 6. The number of halogens is 3. The number of alkyl halides is 3. The number of benzene rings is 8. The van der Waals surface area contributed by atoms with Gasteiger partial charge in [0.25, 0.3) is 5.78 Å². The molecule has 10 rings (SSSR count). The maximum atomic E-state index is 13.8. The van der Waals surface area contributed by atoms with Crippen molar-refractivity contribution in [2.24, 2.45) is 0 Å². The quantitative estimate of drug-likeness (QED) is 0.0704. The molecule has 71 heavy (non-hydrogen) atoms. The maximum Gasteiger partial charge on any atom is 0.455 e.